The number of hydrogen-bond donors (Lipinski definition) is 2. The number of carbonyl (C=O) groups excluding carboxylic acids is 1. The van der Waals surface area contributed by atoms with Gasteiger partial charge in [0.2, 0.25) is 6.20 Å². The third-order valence-corrected chi connectivity index (χ3v) is 3.18. The molecule has 2 atom stereocenters. The molecule has 0 aliphatic rings. The molecule has 1 heterocycles. The molecule has 1 aromatic heterocycles. The third-order valence-electron chi connectivity index (χ3n) is 3.18. The molecule has 0 fully saturated rings. The van der Waals surface area contributed by atoms with Gasteiger partial charge in [-0.05, 0) is 19.4 Å². The van der Waals surface area contributed by atoms with Gasteiger partial charge in [0.25, 0.3) is 0 Å². The fourth-order valence-corrected chi connectivity index (χ4v) is 1.89. The lowest BCUT2D eigenvalue weighted by atomic mass is 9.93. The molecule has 0 saturated carbocycles. The molecule has 0 saturated heterocycles. The summed E-state index contributed by atoms with van der Waals surface area (Å²) < 4.78 is 17.4. The molecule has 1 rings (SSSR count). The Hall–Kier alpha value is -2.22. The second kappa shape index (κ2) is 8.28. The summed E-state index contributed by atoms with van der Waals surface area (Å²) in [5.41, 5.74) is 5.78. The van der Waals surface area contributed by atoms with Crippen LogP contribution in [0, 0.1) is 11.1 Å². The van der Waals surface area contributed by atoms with Crippen LogP contribution >= 0.6 is 0 Å². The standard InChI is InChI=1S/C14H19FN2O5/c1-9(18)13(16)7-10(14(19)20)6-11-2-3-12(8-17(11)21)22-5-4-15/h2-3,8,10,13H,4-7,16H2,1H3,(H,19,20)/t10?,13-/m0/s1/i15-1. The van der Waals surface area contributed by atoms with Gasteiger partial charge in [0.05, 0.1) is 12.0 Å². The molecular formula is C14H19FN2O5. The molecule has 0 aliphatic heterocycles. The smallest absolute Gasteiger partial charge is 0.307 e. The zero-order valence-corrected chi connectivity index (χ0v) is 12.2. The van der Waals surface area contributed by atoms with E-state index in [2.05, 4.69) is 0 Å². The minimum Gasteiger partial charge on any atom is -0.618 e. The minimum atomic E-state index is -1.13. The first-order valence-electron chi connectivity index (χ1n) is 6.74. The van der Waals surface area contributed by atoms with E-state index < -0.39 is 24.6 Å². The first kappa shape index (κ1) is 17.8. The summed E-state index contributed by atoms with van der Waals surface area (Å²) in [5.74, 6) is -2.19. The lowest BCUT2D eigenvalue weighted by molar-refractivity contribution is -0.614. The Bertz CT molecular complexity index is 538. The van der Waals surface area contributed by atoms with E-state index in [1.165, 1.54) is 19.1 Å². The van der Waals surface area contributed by atoms with Crippen molar-refractivity contribution in [1.82, 2.24) is 0 Å². The fraction of sp³-hybridized carbons (Fsp3) is 0.500. The van der Waals surface area contributed by atoms with Gasteiger partial charge in [-0.25, -0.2) is 4.39 Å². The Morgan fingerprint density at radius 2 is 2.18 bits per heavy atom. The molecule has 0 aromatic carbocycles. The highest BCUT2D eigenvalue weighted by Gasteiger charge is 2.26. The van der Waals surface area contributed by atoms with E-state index in [9.17, 15) is 24.3 Å². The molecule has 0 aliphatic carbocycles. The average Bonchev–Trinajstić information content (AvgIpc) is 2.46. The normalized spacial score (nSPS) is 13.4. The first-order valence-corrected chi connectivity index (χ1v) is 6.74. The monoisotopic (exact) mass is 313 g/mol. The summed E-state index contributed by atoms with van der Waals surface area (Å²) in [4.78, 5) is 22.4. The zero-order chi connectivity index (χ0) is 16.7. The zero-order valence-electron chi connectivity index (χ0n) is 12.2. The number of Topliss-reactive ketones (excluding diaryl/α,β-unsaturated/α-hetero) is 1. The highest BCUT2D eigenvalue weighted by Crippen LogP contribution is 2.15. The van der Waals surface area contributed by atoms with E-state index in [0.29, 0.717) is 4.73 Å². The molecule has 8 heteroatoms. The van der Waals surface area contributed by atoms with Crippen molar-refractivity contribution in [2.45, 2.75) is 25.8 Å². The highest BCUT2D eigenvalue weighted by molar-refractivity contribution is 5.82. The van der Waals surface area contributed by atoms with E-state index in [-0.39, 0.29) is 36.7 Å². The Morgan fingerprint density at radius 3 is 2.68 bits per heavy atom. The summed E-state index contributed by atoms with van der Waals surface area (Å²) in [6.07, 6.45) is 0.989. The maximum atomic E-state index is 12.0. The maximum absolute atomic E-state index is 12.0. The van der Waals surface area contributed by atoms with Crippen LogP contribution in [0.1, 0.15) is 19.0 Å². The molecular weight excluding hydrogens is 294 g/mol. The molecule has 22 heavy (non-hydrogen) atoms. The van der Waals surface area contributed by atoms with Crippen LogP contribution in [0.4, 0.5) is 4.39 Å². The van der Waals surface area contributed by atoms with E-state index in [0.717, 1.165) is 6.20 Å². The quantitative estimate of drug-likeness (QED) is 0.497. The number of halogens is 1. The number of alkyl halides is 1. The van der Waals surface area contributed by atoms with E-state index in [4.69, 9.17) is 10.5 Å². The Labute approximate surface area is 127 Å². The van der Waals surface area contributed by atoms with Gasteiger partial charge in [-0.1, -0.05) is 0 Å². The topological polar surface area (TPSA) is 117 Å². The van der Waals surface area contributed by atoms with Crippen LogP contribution in [-0.4, -0.2) is 36.2 Å². The van der Waals surface area contributed by atoms with Crippen LogP contribution < -0.4 is 15.2 Å². The first-order chi connectivity index (χ1) is 10.3. The second-order valence-electron chi connectivity index (χ2n) is 4.91. The number of carboxylic acid groups (broad SMARTS) is 1. The number of aliphatic carboxylic acids is 1. The third kappa shape index (κ3) is 5.28. The van der Waals surface area contributed by atoms with Crippen LogP contribution in [0.3, 0.4) is 0 Å². The van der Waals surface area contributed by atoms with Crippen LogP contribution in [0.15, 0.2) is 18.3 Å². The highest BCUT2D eigenvalue weighted by atomic mass is 18.2. The van der Waals surface area contributed by atoms with Crippen molar-refractivity contribution in [3.63, 3.8) is 0 Å². The van der Waals surface area contributed by atoms with Gasteiger partial charge in [0.1, 0.15) is 19.1 Å². The Balaban J connectivity index is 2.81. The number of nitrogens with two attached hydrogens (primary N) is 1. The van der Waals surface area contributed by atoms with Crippen molar-refractivity contribution >= 4 is 11.8 Å². The number of ketones is 1. The number of hydrogen-bond acceptors (Lipinski definition) is 5. The van der Waals surface area contributed by atoms with Crippen molar-refractivity contribution in [3.8, 4) is 5.75 Å². The van der Waals surface area contributed by atoms with E-state index >= 15 is 0 Å². The number of ether oxygens (including phenoxy) is 1. The molecule has 0 spiro atoms. The summed E-state index contributed by atoms with van der Waals surface area (Å²) in [6.45, 7) is 0.448. The van der Waals surface area contributed by atoms with Gasteiger partial charge in [0, 0.05) is 12.5 Å². The number of carbonyl (C=O) groups is 2. The van der Waals surface area contributed by atoms with Gasteiger partial charge in [0.15, 0.2) is 11.4 Å². The predicted octanol–water partition coefficient (Wildman–Crippen LogP) is 0.218. The van der Waals surface area contributed by atoms with Crippen LogP contribution in [0.2, 0.25) is 0 Å². The van der Waals surface area contributed by atoms with Gasteiger partial charge in [-0.2, -0.15) is 4.73 Å². The van der Waals surface area contributed by atoms with Gasteiger partial charge >= 0.3 is 5.97 Å². The van der Waals surface area contributed by atoms with Crippen LogP contribution in [0.25, 0.3) is 0 Å². The average molecular weight is 313 g/mol. The minimum absolute atomic E-state index is 0.0508. The Kier molecular flexibility index (Phi) is 6.71. The maximum Gasteiger partial charge on any atom is 0.307 e. The van der Waals surface area contributed by atoms with Crippen molar-refractivity contribution in [3.05, 3.63) is 29.2 Å². The van der Waals surface area contributed by atoms with Gasteiger partial charge in [-0.3, -0.25) is 9.59 Å². The van der Waals surface area contributed by atoms with Crippen molar-refractivity contribution < 1.29 is 28.6 Å². The van der Waals surface area contributed by atoms with Crippen LogP contribution in [-0.2, 0) is 16.0 Å². The molecule has 3 N–H and O–H groups in total. The largest absolute Gasteiger partial charge is 0.618 e. The molecule has 122 valence electrons. The van der Waals surface area contributed by atoms with Crippen molar-refractivity contribution in [2.75, 3.05) is 13.3 Å². The molecule has 1 aromatic rings. The lowest BCUT2D eigenvalue weighted by Gasteiger charge is -2.15. The number of rotatable bonds is 9. The van der Waals surface area contributed by atoms with Gasteiger partial charge < -0.3 is 20.8 Å². The number of pyridine rings is 1. The van der Waals surface area contributed by atoms with Crippen molar-refractivity contribution in [1.29, 1.82) is 0 Å². The number of aromatic nitrogens is 1. The Morgan fingerprint density at radius 1 is 1.50 bits per heavy atom. The lowest BCUT2D eigenvalue weighted by Crippen LogP contribution is -2.37. The van der Waals surface area contributed by atoms with Gasteiger partial charge in [-0.15, -0.1) is 0 Å². The number of nitrogens with zero attached hydrogens (tertiary/aromatic N) is 1. The predicted molar refractivity (Wildman–Crippen MR) is 75.0 cm³/mol. The molecule has 0 bridgehead atoms. The number of carboxylic acids is 1. The van der Waals surface area contributed by atoms with Crippen LogP contribution in [0.5, 0.6) is 5.75 Å². The second-order valence-corrected chi connectivity index (χ2v) is 4.91. The molecule has 7 nitrogen and oxygen atoms in total. The fourth-order valence-electron chi connectivity index (χ4n) is 1.89. The van der Waals surface area contributed by atoms with E-state index in [1.54, 1.807) is 0 Å². The summed E-state index contributed by atoms with van der Waals surface area (Å²) in [5, 5.41) is 21.0. The molecule has 1 unspecified atom stereocenters. The van der Waals surface area contributed by atoms with E-state index in [1.807, 2.05) is 0 Å². The van der Waals surface area contributed by atoms with Crippen molar-refractivity contribution in [2.24, 2.45) is 11.7 Å². The SMILES string of the molecule is CC(=O)[C@@H](N)CC(Cc1ccc(OCC[18F])c[n+]1[O-])C(=O)O. The molecule has 0 radical (unpaired) electrons. The summed E-state index contributed by atoms with van der Waals surface area (Å²) >= 11 is 0. The molecule has 0 amide bonds. The summed E-state index contributed by atoms with van der Waals surface area (Å²) in [6, 6.07) is 1.99. The summed E-state index contributed by atoms with van der Waals surface area (Å²) in [7, 11) is 0.